The highest BCUT2D eigenvalue weighted by Gasteiger charge is 2.03. The van der Waals surface area contributed by atoms with Gasteiger partial charge in [-0.3, -0.25) is 4.79 Å². The maximum absolute atomic E-state index is 11.0. The fourth-order valence-corrected chi connectivity index (χ4v) is 3.04. The molecule has 0 saturated carbocycles. The minimum atomic E-state index is -0.0701. The fraction of sp³-hybridized carbons (Fsp3) is 0.412. The lowest BCUT2D eigenvalue weighted by atomic mass is 10.0. The number of nitrogens with zero attached hydrogens (tertiary/aromatic N) is 1. The Balaban J connectivity index is 1.76. The first-order chi connectivity index (χ1) is 10.7. The van der Waals surface area contributed by atoms with Crippen molar-refractivity contribution in [2.75, 3.05) is 18.9 Å². The van der Waals surface area contributed by atoms with Crippen molar-refractivity contribution in [3.8, 4) is 0 Å². The van der Waals surface area contributed by atoms with E-state index in [1.54, 1.807) is 0 Å². The number of anilines is 1. The summed E-state index contributed by atoms with van der Waals surface area (Å²) in [6.07, 6.45) is 4.14. The lowest BCUT2D eigenvalue weighted by Gasteiger charge is -2.04. The van der Waals surface area contributed by atoms with Gasteiger partial charge in [0.1, 0.15) is 0 Å². The number of carbonyl (C=O) groups excluding carboxylic acids is 1. The first kappa shape index (κ1) is 16.6. The van der Waals surface area contributed by atoms with Crippen molar-refractivity contribution >= 4 is 22.4 Å². The molecule has 2 aromatic rings. The molecule has 4 nitrogen and oxygen atoms in total. The number of aromatic nitrogens is 1. The second kappa shape index (κ2) is 8.66. The van der Waals surface area contributed by atoms with Crippen LogP contribution in [0.3, 0.4) is 0 Å². The molecule has 0 unspecified atom stereocenters. The molecule has 2 rings (SSSR count). The van der Waals surface area contributed by atoms with Gasteiger partial charge < -0.3 is 10.6 Å². The number of benzene rings is 1. The van der Waals surface area contributed by atoms with Crippen molar-refractivity contribution in [3.05, 3.63) is 46.5 Å². The summed E-state index contributed by atoms with van der Waals surface area (Å²) >= 11 is 1.48. The summed E-state index contributed by atoms with van der Waals surface area (Å²) in [5, 5.41) is 8.60. The van der Waals surface area contributed by atoms with Crippen molar-refractivity contribution < 1.29 is 4.79 Å². The van der Waals surface area contributed by atoms with E-state index in [0.717, 1.165) is 37.9 Å². The zero-order valence-electron chi connectivity index (χ0n) is 13.2. The van der Waals surface area contributed by atoms with Gasteiger partial charge in [0.15, 0.2) is 5.13 Å². The molecule has 0 spiro atoms. The summed E-state index contributed by atoms with van der Waals surface area (Å²) in [6.45, 7) is 2.51. The lowest BCUT2D eigenvalue weighted by Crippen LogP contribution is -2.10. The summed E-state index contributed by atoms with van der Waals surface area (Å²) in [5.74, 6) is -0.0701. The maximum Gasteiger partial charge on any atom is 0.223 e. The van der Waals surface area contributed by atoms with Crippen LogP contribution in [0.25, 0.3) is 0 Å². The molecule has 118 valence electrons. The van der Waals surface area contributed by atoms with Crippen molar-refractivity contribution in [2.24, 2.45) is 0 Å². The molecular formula is C17H23N3OS. The van der Waals surface area contributed by atoms with E-state index in [9.17, 15) is 4.79 Å². The summed E-state index contributed by atoms with van der Waals surface area (Å²) in [5.41, 5.74) is 3.79. The Morgan fingerprint density at radius 1 is 1.14 bits per heavy atom. The van der Waals surface area contributed by atoms with Gasteiger partial charge in [-0.05, 0) is 50.4 Å². The van der Waals surface area contributed by atoms with Gasteiger partial charge in [0.25, 0.3) is 0 Å². The molecule has 2 N–H and O–H groups in total. The Kier molecular flexibility index (Phi) is 6.55. The van der Waals surface area contributed by atoms with Crippen LogP contribution < -0.4 is 10.6 Å². The number of carbonyl (C=O) groups is 1. The molecule has 1 aromatic heterocycles. The third-order valence-corrected chi connectivity index (χ3v) is 4.23. The van der Waals surface area contributed by atoms with Gasteiger partial charge in [-0.1, -0.05) is 24.3 Å². The molecule has 0 fully saturated rings. The van der Waals surface area contributed by atoms with Crippen LogP contribution in [0.1, 0.15) is 30.2 Å². The summed E-state index contributed by atoms with van der Waals surface area (Å²) in [6, 6.07) is 8.86. The lowest BCUT2D eigenvalue weighted by molar-refractivity contribution is -0.114. The summed E-state index contributed by atoms with van der Waals surface area (Å²) in [7, 11) is 1.98. The first-order valence-corrected chi connectivity index (χ1v) is 8.50. The molecule has 0 saturated heterocycles. The molecule has 0 atom stereocenters. The van der Waals surface area contributed by atoms with E-state index in [-0.39, 0.29) is 5.91 Å². The van der Waals surface area contributed by atoms with E-state index in [1.807, 2.05) is 12.4 Å². The second-order valence-electron chi connectivity index (χ2n) is 5.35. The first-order valence-electron chi connectivity index (χ1n) is 7.62. The van der Waals surface area contributed by atoms with E-state index in [2.05, 4.69) is 39.9 Å². The number of rotatable bonds is 8. The zero-order valence-corrected chi connectivity index (χ0v) is 14.0. The van der Waals surface area contributed by atoms with Crippen molar-refractivity contribution in [3.63, 3.8) is 0 Å². The average molecular weight is 317 g/mol. The molecule has 1 amide bonds. The van der Waals surface area contributed by atoms with Crippen LogP contribution in [0.2, 0.25) is 0 Å². The minimum Gasteiger partial charge on any atom is -0.319 e. The normalized spacial score (nSPS) is 10.6. The van der Waals surface area contributed by atoms with E-state index < -0.39 is 0 Å². The van der Waals surface area contributed by atoms with Gasteiger partial charge in [-0.25, -0.2) is 4.98 Å². The maximum atomic E-state index is 11.0. The van der Waals surface area contributed by atoms with Gasteiger partial charge in [0.05, 0.1) is 5.69 Å². The number of likely N-dealkylation sites (N-methyl/N-ethyl adjacent to an activating group) is 1. The Labute approximate surface area is 136 Å². The average Bonchev–Trinajstić information content (AvgIpc) is 2.93. The van der Waals surface area contributed by atoms with Gasteiger partial charge in [0, 0.05) is 12.3 Å². The van der Waals surface area contributed by atoms with Crippen molar-refractivity contribution in [1.82, 2.24) is 10.3 Å². The molecule has 22 heavy (non-hydrogen) atoms. The SMILES string of the molecule is CNCCc1ccc(CCCc2csc(NC(C)=O)n2)cc1. The fourth-order valence-electron chi connectivity index (χ4n) is 2.25. The van der Waals surface area contributed by atoms with Gasteiger partial charge in [-0.15, -0.1) is 11.3 Å². The number of hydrogen-bond acceptors (Lipinski definition) is 4. The van der Waals surface area contributed by atoms with Crippen LogP contribution in [-0.4, -0.2) is 24.5 Å². The number of thiazole rings is 1. The van der Waals surface area contributed by atoms with Gasteiger partial charge in [0.2, 0.25) is 5.91 Å². The largest absolute Gasteiger partial charge is 0.319 e. The smallest absolute Gasteiger partial charge is 0.223 e. The van der Waals surface area contributed by atoms with Gasteiger partial charge >= 0.3 is 0 Å². The van der Waals surface area contributed by atoms with Crippen LogP contribution in [-0.2, 0) is 24.1 Å². The third-order valence-electron chi connectivity index (χ3n) is 3.42. The quantitative estimate of drug-likeness (QED) is 0.787. The van der Waals surface area contributed by atoms with Crippen molar-refractivity contribution in [2.45, 2.75) is 32.6 Å². The minimum absolute atomic E-state index is 0.0701. The molecular weight excluding hydrogens is 294 g/mol. The molecule has 0 aliphatic heterocycles. The molecule has 0 radical (unpaired) electrons. The summed E-state index contributed by atoms with van der Waals surface area (Å²) in [4.78, 5) is 15.4. The molecule has 0 aliphatic rings. The highest BCUT2D eigenvalue weighted by Crippen LogP contribution is 2.17. The summed E-state index contributed by atoms with van der Waals surface area (Å²) < 4.78 is 0. The van der Waals surface area contributed by atoms with E-state index in [1.165, 1.54) is 29.4 Å². The monoisotopic (exact) mass is 317 g/mol. The van der Waals surface area contributed by atoms with E-state index in [4.69, 9.17) is 0 Å². The Morgan fingerprint density at radius 3 is 2.45 bits per heavy atom. The predicted molar refractivity (Wildman–Crippen MR) is 92.5 cm³/mol. The standard InChI is InChI=1S/C17H23N3OS/c1-13(21)19-17-20-16(12-22-17)5-3-4-14-6-8-15(9-7-14)10-11-18-2/h6-9,12,18H,3-5,10-11H2,1-2H3,(H,19,20,21). The molecule has 5 heteroatoms. The topological polar surface area (TPSA) is 54.0 Å². The highest BCUT2D eigenvalue weighted by molar-refractivity contribution is 7.13. The van der Waals surface area contributed by atoms with Crippen LogP contribution >= 0.6 is 11.3 Å². The highest BCUT2D eigenvalue weighted by atomic mass is 32.1. The van der Waals surface area contributed by atoms with Crippen LogP contribution in [0.4, 0.5) is 5.13 Å². The van der Waals surface area contributed by atoms with E-state index >= 15 is 0 Å². The van der Waals surface area contributed by atoms with E-state index in [0.29, 0.717) is 5.13 Å². The number of amides is 1. The van der Waals surface area contributed by atoms with Crippen LogP contribution in [0.5, 0.6) is 0 Å². The molecule has 1 heterocycles. The van der Waals surface area contributed by atoms with Crippen LogP contribution in [0, 0.1) is 0 Å². The second-order valence-corrected chi connectivity index (χ2v) is 6.21. The number of nitrogens with one attached hydrogen (secondary N) is 2. The Morgan fingerprint density at radius 2 is 1.82 bits per heavy atom. The van der Waals surface area contributed by atoms with Crippen molar-refractivity contribution in [1.29, 1.82) is 0 Å². The number of aryl methyl sites for hydroxylation is 2. The zero-order chi connectivity index (χ0) is 15.8. The Bertz CT molecular complexity index is 592. The molecule has 0 bridgehead atoms. The van der Waals surface area contributed by atoms with Gasteiger partial charge in [-0.2, -0.15) is 0 Å². The predicted octanol–water partition coefficient (Wildman–Crippen LogP) is 3.04. The molecule has 1 aromatic carbocycles. The molecule has 0 aliphatic carbocycles. The third kappa shape index (κ3) is 5.58. The van der Waals surface area contributed by atoms with Crippen LogP contribution in [0.15, 0.2) is 29.6 Å². The number of hydrogen-bond donors (Lipinski definition) is 2. The Hall–Kier alpha value is -1.72.